The number of furan rings is 1. The van der Waals surface area contributed by atoms with E-state index in [1.807, 2.05) is 6.92 Å². The fourth-order valence-corrected chi connectivity index (χ4v) is 3.33. The minimum Gasteiger partial charge on any atom is -0.475 e. The van der Waals surface area contributed by atoms with Crippen molar-refractivity contribution in [2.24, 2.45) is 0 Å². The number of nitrogens with zero attached hydrogens (tertiary/aromatic N) is 1. The summed E-state index contributed by atoms with van der Waals surface area (Å²) in [5.41, 5.74) is 0. The maximum Gasteiger partial charge on any atom is 0.371 e. The average molecular weight is 287 g/mol. The summed E-state index contributed by atoms with van der Waals surface area (Å²) in [4.78, 5) is 10.7. The van der Waals surface area contributed by atoms with Gasteiger partial charge < -0.3 is 9.52 Å². The molecule has 0 bridgehead atoms. The first kappa shape index (κ1) is 15.5. The van der Waals surface area contributed by atoms with Gasteiger partial charge in [0, 0.05) is 19.2 Å². The van der Waals surface area contributed by atoms with Crippen molar-refractivity contribution < 1.29 is 22.7 Å². The van der Waals surface area contributed by atoms with Crippen LogP contribution in [0.2, 0.25) is 0 Å². The second-order valence-electron chi connectivity index (χ2n) is 3.99. The van der Waals surface area contributed by atoms with Gasteiger partial charge in [0.15, 0.2) is 0 Å². The molecule has 0 aliphatic carbocycles. The van der Waals surface area contributed by atoms with Crippen LogP contribution in [0.5, 0.6) is 0 Å². The number of carboxylic acids is 1. The van der Waals surface area contributed by atoms with Crippen molar-refractivity contribution in [1.82, 2.24) is 4.31 Å². The molecule has 0 atom stereocenters. The molecule has 106 valence electrons. The number of aromatic carboxylic acids is 1. The second-order valence-corrected chi connectivity index (χ2v) is 5.89. The van der Waals surface area contributed by atoms with E-state index in [2.05, 4.69) is 6.58 Å². The zero-order chi connectivity index (χ0) is 14.6. The Morgan fingerprint density at radius 1 is 1.58 bits per heavy atom. The predicted octanol–water partition coefficient (Wildman–Crippen LogP) is 1.87. The summed E-state index contributed by atoms with van der Waals surface area (Å²) in [6, 6.07) is 1.04. The fraction of sp³-hybridized carbons (Fsp3) is 0.417. The number of hydrogen-bond acceptors (Lipinski definition) is 4. The molecule has 0 saturated carbocycles. The zero-order valence-corrected chi connectivity index (χ0v) is 11.7. The normalized spacial score (nSPS) is 11.7. The van der Waals surface area contributed by atoms with Crippen LogP contribution in [0.4, 0.5) is 0 Å². The van der Waals surface area contributed by atoms with E-state index in [-0.39, 0.29) is 23.0 Å². The van der Waals surface area contributed by atoms with Crippen LogP contribution in [-0.4, -0.2) is 36.9 Å². The Balaban J connectivity index is 3.24. The van der Waals surface area contributed by atoms with Gasteiger partial charge in [-0.05, 0) is 13.3 Å². The van der Waals surface area contributed by atoms with Crippen LogP contribution in [-0.2, 0) is 10.0 Å². The zero-order valence-electron chi connectivity index (χ0n) is 10.9. The van der Waals surface area contributed by atoms with Gasteiger partial charge in [0.05, 0.1) is 0 Å². The smallest absolute Gasteiger partial charge is 0.371 e. The summed E-state index contributed by atoms with van der Waals surface area (Å²) in [7, 11) is -3.76. The lowest BCUT2D eigenvalue weighted by molar-refractivity contribution is 0.0661. The summed E-state index contributed by atoms with van der Waals surface area (Å²) < 4.78 is 31.0. The number of carbonyl (C=O) groups is 1. The SMILES string of the molecule is C=CCN(CCC)S(=O)(=O)c1cc(C(=O)O)oc1C. The first-order valence-corrected chi connectivity index (χ1v) is 7.23. The van der Waals surface area contributed by atoms with E-state index in [9.17, 15) is 13.2 Å². The van der Waals surface area contributed by atoms with Gasteiger partial charge in [-0.1, -0.05) is 13.0 Å². The molecule has 1 aromatic heterocycles. The molecule has 0 unspecified atom stereocenters. The molecule has 1 N–H and O–H groups in total. The van der Waals surface area contributed by atoms with Gasteiger partial charge in [0.25, 0.3) is 0 Å². The minimum atomic E-state index is -3.76. The molecule has 19 heavy (non-hydrogen) atoms. The number of rotatable bonds is 7. The highest BCUT2D eigenvalue weighted by Crippen LogP contribution is 2.23. The minimum absolute atomic E-state index is 0.0718. The fourth-order valence-electron chi connectivity index (χ4n) is 1.67. The van der Waals surface area contributed by atoms with Gasteiger partial charge >= 0.3 is 5.97 Å². The van der Waals surface area contributed by atoms with Crippen molar-refractivity contribution in [2.45, 2.75) is 25.2 Å². The van der Waals surface area contributed by atoms with Crippen LogP contribution >= 0.6 is 0 Å². The molecular formula is C12H17NO5S. The topological polar surface area (TPSA) is 87.8 Å². The third kappa shape index (κ3) is 3.24. The number of aryl methyl sites for hydroxylation is 1. The standard InChI is InChI=1S/C12H17NO5S/c1-4-6-13(7-5-2)19(16,17)11-8-10(12(14)15)18-9(11)3/h4,8H,1,5-7H2,2-3H3,(H,14,15). The van der Waals surface area contributed by atoms with Gasteiger partial charge in [0.2, 0.25) is 15.8 Å². The molecule has 1 heterocycles. The molecule has 7 heteroatoms. The van der Waals surface area contributed by atoms with E-state index in [1.165, 1.54) is 17.3 Å². The molecule has 0 spiro atoms. The van der Waals surface area contributed by atoms with Gasteiger partial charge in [0.1, 0.15) is 10.7 Å². The molecule has 0 radical (unpaired) electrons. The van der Waals surface area contributed by atoms with Crippen LogP contribution in [0.15, 0.2) is 28.0 Å². The third-order valence-electron chi connectivity index (χ3n) is 2.51. The van der Waals surface area contributed by atoms with Crippen LogP contribution in [0.25, 0.3) is 0 Å². The molecule has 1 rings (SSSR count). The first-order chi connectivity index (χ1) is 8.84. The molecule has 0 fully saturated rings. The quantitative estimate of drug-likeness (QED) is 0.773. The molecule has 0 aromatic carbocycles. The van der Waals surface area contributed by atoms with E-state index in [1.54, 1.807) is 0 Å². The summed E-state index contributed by atoms with van der Waals surface area (Å²) in [5.74, 6) is -1.61. The molecule has 0 aliphatic heterocycles. The van der Waals surface area contributed by atoms with E-state index < -0.39 is 16.0 Å². The summed E-state index contributed by atoms with van der Waals surface area (Å²) >= 11 is 0. The van der Waals surface area contributed by atoms with Crippen molar-refractivity contribution in [3.8, 4) is 0 Å². The van der Waals surface area contributed by atoms with Crippen molar-refractivity contribution in [1.29, 1.82) is 0 Å². The van der Waals surface area contributed by atoms with Crippen molar-refractivity contribution >= 4 is 16.0 Å². The largest absolute Gasteiger partial charge is 0.475 e. The number of carboxylic acid groups (broad SMARTS) is 1. The Labute approximate surface area is 112 Å². The third-order valence-corrected chi connectivity index (χ3v) is 4.48. The molecule has 1 aromatic rings. The summed E-state index contributed by atoms with van der Waals surface area (Å²) in [6.45, 7) is 7.31. The highest BCUT2D eigenvalue weighted by Gasteiger charge is 2.28. The van der Waals surface area contributed by atoms with Gasteiger partial charge in [-0.15, -0.1) is 6.58 Å². The molecular weight excluding hydrogens is 270 g/mol. The van der Waals surface area contributed by atoms with Gasteiger partial charge in [-0.3, -0.25) is 0 Å². The second kappa shape index (κ2) is 6.03. The van der Waals surface area contributed by atoms with Crippen LogP contribution in [0, 0.1) is 6.92 Å². The van der Waals surface area contributed by atoms with Crippen LogP contribution < -0.4 is 0 Å². The highest BCUT2D eigenvalue weighted by molar-refractivity contribution is 7.89. The molecule has 0 aliphatic rings. The maximum absolute atomic E-state index is 12.4. The number of sulfonamides is 1. The lowest BCUT2D eigenvalue weighted by Crippen LogP contribution is -2.32. The first-order valence-electron chi connectivity index (χ1n) is 5.79. The van der Waals surface area contributed by atoms with E-state index >= 15 is 0 Å². The molecule has 6 nitrogen and oxygen atoms in total. The van der Waals surface area contributed by atoms with E-state index in [0.717, 1.165) is 6.07 Å². The Morgan fingerprint density at radius 2 is 2.21 bits per heavy atom. The van der Waals surface area contributed by atoms with E-state index in [0.29, 0.717) is 13.0 Å². The predicted molar refractivity (Wildman–Crippen MR) is 69.7 cm³/mol. The Bertz CT molecular complexity index is 573. The van der Waals surface area contributed by atoms with Crippen molar-refractivity contribution in [2.75, 3.05) is 13.1 Å². The lowest BCUT2D eigenvalue weighted by atomic mass is 10.4. The van der Waals surface area contributed by atoms with Crippen LogP contribution in [0.1, 0.15) is 29.7 Å². The maximum atomic E-state index is 12.4. The molecule has 0 saturated heterocycles. The lowest BCUT2D eigenvalue weighted by Gasteiger charge is -2.19. The summed E-state index contributed by atoms with van der Waals surface area (Å²) in [6.07, 6.45) is 2.14. The Morgan fingerprint density at radius 3 is 2.63 bits per heavy atom. The highest BCUT2D eigenvalue weighted by atomic mass is 32.2. The Kier molecular flexibility index (Phi) is 4.90. The van der Waals surface area contributed by atoms with Crippen LogP contribution in [0.3, 0.4) is 0 Å². The average Bonchev–Trinajstić information content (AvgIpc) is 2.72. The van der Waals surface area contributed by atoms with Crippen molar-refractivity contribution in [3.63, 3.8) is 0 Å². The van der Waals surface area contributed by atoms with Gasteiger partial charge in [-0.2, -0.15) is 4.31 Å². The Hall–Kier alpha value is -1.60. The van der Waals surface area contributed by atoms with Gasteiger partial charge in [-0.25, -0.2) is 13.2 Å². The van der Waals surface area contributed by atoms with E-state index in [4.69, 9.17) is 9.52 Å². The number of hydrogen-bond donors (Lipinski definition) is 1. The summed E-state index contributed by atoms with van der Waals surface area (Å²) in [5, 5.41) is 8.82. The monoisotopic (exact) mass is 287 g/mol. The molecule has 0 amide bonds. The van der Waals surface area contributed by atoms with Crippen molar-refractivity contribution in [3.05, 3.63) is 30.2 Å².